The Hall–Kier alpha value is -3.46. The van der Waals surface area contributed by atoms with Crippen LogP contribution >= 0.6 is 0 Å². The van der Waals surface area contributed by atoms with Crippen molar-refractivity contribution in [3.8, 4) is 5.75 Å². The van der Waals surface area contributed by atoms with Gasteiger partial charge in [0.05, 0.1) is 15.5 Å². The SMILES string of the molecule is O=[N+]([O-])c1ccc(N=Nc2c(S(=O)(=O)O)cc3cc(S(=O)(=O)O)ccc3c2O)cc1. The van der Waals surface area contributed by atoms with E-state index in [1.165, 1.54) is 12.1 Å². The topological polar surface area (TPSA) is 197 Å². The molecule has 3 rings (SSSR count). The van der Waals surface area contributed by atoms with Gasteiger partial charge in [-0.1, -0.05) is 0 Å². The fraction of sp³-hybridized carbons (Fsp3) is 0. The summed E-state index contributed by atoms with van der Waals surface area (Å²) >= 11 is 0. The van der Waals surface area contributed by atoms with E-state index < -0.39 is 46.4 Å². The zero-order valence-electron chi connectivity index (χ0n) is 14.6. The first-order valence-corrected chi connectivity index (χ1v) is 10.7. The van der Waals surface area contributed by atoms with Crippen molar-refractivity contribution < 1.29 is 36.0 Å². The number of hydrogen-bond acceptors (Lipinski definition) is 9. The highest BCUT2D eigenvalue weighted by molar-refractivity contribution is 7.86. The number of non-ortho nitro benzene ring substituents is 1. The molecule has 0 atom stereocenters. The molecule has 0 amide bonds. The second kappa shape index (κ2) is 7.42. The fourth-order valence-electron chi connectivity index (χ4n) is 2.53. The third-order valence-corrected chi connectivity index (χ3v) is 5.64. The first-order valence-electron chi connectivity index (χ1n) is 7.79. The van der Waals surface area contributed by atoms with Gasteiger partial charge in [0.25, 0.3) is 25.9 Å². The lowest BCUT2D eigenvalue weighted by molar-refractivity contribution is -0.384. The minimum atomic E-state index is -4.93. The van der Waals surface area contributed by atoms with Crippen LogP contribution in [0.1, 0.15) is 0 Å². The summed E-state index contributed by atoms with van der Waals surface area (Å²) in [5.74, 6) is -0.729. The molecule has 0 spiro atoms. The number of hydrogen-bond donors (Lipinski definition) is 3. The Morgan fingerprint density at radius 2 is 1.50 bits per heavy atom. The molecule has 0 saturated heterocycles. The number of fused-ring (bicyclic) bond motifs is 1. The van der Waals surface area contributed by atoms with Gasteiger partial charge in [-0.05, 0) is 41.8 Å². The molecule has 12 nitrogen and oxygen atoms in total. The van der Waals surface area contributed by atoms with Crippen LogP contribution in [0.25, 0.3) is 10.8 Å². The third kappa shape index (κ3) is 4.25. The van der Waals surface area contributed by atoms with Crippen LogP contribution < -0.4 is 0 Å². The molecule has 30 heavy (non-hydrogen) atoms. The minimum absolute atomic E-state index is 0.0348. The zero-order chi connectivity index (χ0) is 22.3. The lowest BCUT2D eigenvalue weighted by Crippen LogP contribution is -2.00. The quantitative estimate of drug-likeness (QED) is 0.224. The highest BCUT2D eigenvalue weighted by atomic mass is 32.2. The largest absolute Gasteiger partial charge is 0.505 e. The van der Waals surface area contributed by atoms with Crippen LogP contribution in [0.15, 0.2) is 68.6 Å². The number of azo groups is 1. The predicted octanol–water partition coefficient (Wildman–Crippen LogP) is 3.36. The van der Waals surface area contributed by atoms with Gasteiger partial charge in [-0.3, -0.25) is 19.2 Å². The number of aromatic hydroxyl groups is 1. The minimum Gasteiger partial charge on any atom is -0.505 e. The lowest BCUT2D eigenvalue weighted by atomic mass is 10.1. The summed E-state index contributed by atoms with van der Waals surface area (Å²) in [4.78, 5) is 8.61. The van der Waals surface area contributed by atoms with Gasteiger partial charge in [0, 0.05) is 17.5 Å². The summed E-state index contributed by atoms with van der Waals surface area (Å²) in [5.41, 5.74) is -0.762. The number of phenolic OH excluding ortho intramolecular Hbond substituents is 1. The third-order valence-electron chi connectivity index (χ3n) is 3.92. The molecular formula is C16H11N3O9S2. The molecule has 0 aliphatic heterocycles. The van der Waals surface area contributed by atoms with Crippen LogP contribution in [-0.2, 0) is 20.2 Å². The highest BCUT2D eigenvalue weighted by Gasteiger charge is 2.23. The molecule has 156 valence electrons. The Kier molecular flexibility index (Phi) is 5.25. The van der Waals surface area contributed by atoms with Gasteiger partial charge in [-0.2, -0.15) is 21.9 Å². The monoisotopic (exact) mass is 453 g/mol. The maximum absolute atomic E-state index is 11.8. The van der Waals surface area contributed by atoms with E-state index in [0.29, 0.717) is 0 Å². The molecule has 0 aliphatic carbocycles. The summed E-state index contributed by atoms with van der Waals surface area (Å²) in [6.07, 6.45) is 0. The van der Waals surface area contributed by atoms with Gasteiger partial charge in [-0.15, -0.1) is 5.11 Å². The van der Waals surface area contributed by atoms with Crippen LogP contribution in [0.3, 0.4) is 0 Å². The van der Waals surface area contributed by atoms with Crippen molar-refractivity contribution in [3.63, 3.8) is 0 Å². The van der Waals surface area contributed by atoms with E-state index in [-0.39, 0.29) is 22.1 Å². The Morgan fingerprint density at radius 3 is 2.03 bits per heavy atom. The summed E-state index contributed by atoms with van der Waals surface area (Å²) in [6, 6.07) is 8.55. The van der Waals surface area contributed by atoms with Gasteiger partial charge in [0.1, 0.15) is 10.6 Å². The summed E-state index contributed by atoms with van der Waals surface area (Å²) in [5, 5.41) is 28.3. The van der Waals surface area contributed by atoms with Crippen molar-refractivity contribution in [2.75, 3.05) is 0 Å². The Balaban J connectivity index is 2.20. The second-order valence-electron chi connectivity index (χ2n) is 5.88. The summed E-state index contributed by atoms with van der Waals surface area (Å²) in [6.45, 7) is 0. The van der Waals surface area contributed by atoms with Crippen molar-refractivity contribution in [1.82, 2.24) is 0 Å². The molecule has 0 aliphatic rings. The van der Waals surface area contributed by atoms with Gasteiger partial charge < -0.3 is 5.11 Å². The number of nitro groups is 1. The second-order valence-corrected chi connectivity index (χ2v) is 8.69. The van der Waals surface area contributed by atoms with Crippen LogP contribution in [0.2, 0.25) is 0 Å². The number of nitro benzene ring substituents is 1. The van der Waals surface area contributed by atoms with E-state index in [1.807, 2.05) is 0 Å². The number of benzene rings is 3. The smallest absolute Gasteiger partial charge is 0.296 e. The number of rotatable bonds is 5. The zero-order valence-corrected chi connectivity index (χ0v) is 16.2. The fourth-order valence-corrected chi connectivity index (χ4v) is 3.71. The predicted molar refractivity (Wildman–Crippen MR) is 103 cm³/mol. The van der Waals surface area contributed by atoms with Crippen molar-refractivity contribution >= 4 is 48.1 Å². The van der Waals surface area contributed by atoms with E-state index in [1.54, 1.807) is 0 Å². The Bertz CT molecular complexity index is 1410. The molecule has 3 aromatic rings. The maximum atomic E-state index is 11.8. The first-order chi connectivity index (χ1) is 13.9. The van der Waals surface area contributed by atoms with Crippen LogP contribution in [-0.4, -0.2) is 36.0 Å². The van der Waals surface area contributed by atoms with Gasteiger partial charge in [-0.25, -0.2) is 0 Å². The molecular weight excluding hydrogens is 442 g/mol. The lowest BCUT2D eigenvalue weighted by Gasteiger charge is -2.09. The molecule has 14 heteroatoms. The molecule has 0 bridgehead atoms. The summed E-state index contributed by atoms with van der Waals surface area (Å²) in [7, 11) is -9.54. The Labute approximate surface area is 168 Å². The van der Waals surface area contributed by atoms with E-state index in [2.05, 4.69) is 10.2 Å². The maximum Gasteiger partial charge on any atom is 0.296 e. The molecule has 3 N–H and O–H groups in total. The van der Waals surface area contributed by atoms with E-state index >= 15 is 0 Å². The molecule has 0 heterocycles. The molecule has 3 aromatic carbocycles. The number of nitrogens with zero attached hydrogens (tertiary/aromatic N) is 3. The van der Waals surface area contributed by atoms with E-state index in [4.69, 9.17) is 4.55 Å². The van der Waals surface area contributed by atoms with Crippen molar-refractivity contribution in [2.24, 2.45) is 10.2 Å². The average molecular weight is 453 g/mol. The van der Waals surface area contributed by atoms with Gasteiger partial charge >= 0.3 is 0 Å². The average Bonchev–Trinajstić information content (AvgIpc) is 2.65. The molecule has 0 radical (unpaired) electrons. The van der Waals surface area contributed by atoms with Gasteiger partial charge in [0.2, 0.25) is 0 Å². The highest BCUT2D eigenvalue weighted by Crippen LogP contribution is 2.41. The molecule has 0 saturated carbocycles. The van der Waals surface area contributed by atoms with E-state index in [0.717, 1.165) is 36.4 Å². The Morgan fingerprint density at radius 1 is 0.867 bits per heavy atom. The molecule has 0 aromatic heterocycles. The van der Waals surface area contributed by atoms with Crippen molar-refractivity contribution in [1.29, 1.82) is 0 Å². The first kappa shape index (κ1) is 21.3. The van der Waals surface area contributed by atoms with E-state index in [9.17, 15) is 36.6 Å². The van der Waals surface area contributed by atoms with Crippen LogP contribution in [0.5, 0.6) is 5.75 Å². The van der Waals surface area contributed by atoms with Crippen LogP contribution in [0, 0.1) is 10.1 Å². The van der Waals surface area contributed by atoms with Crippen LogP contribution in [0.4, 0.5) is 17.1 Å². The van der Waals surface area contributed by atoms with Crippen molar-refractivity contribution in [2.45, 2.75) is 9.79 Å². The summed E-state index contributed by atoms with van der Waals surface area (Å²) < 4.78 is 64.7. The molecule has 0 fully saturated rings. The van der Waals surface area contributed by atoms with Crippen molar-refractivity contribution in [3.05, 3.63) is 58.6 Å². The number of phenols is 1. The standard InChI is InChI=1S/C16H11N3O9S2/c20-16-13-6-5-12(29(23,24)25)7-9(13)8-14(30(26,27)28)15(16)18-17-10-1-3-11(4-2-10)19(21)22/h1-8,20H,(H,23,24,25)(H,26,27,28). The normalized spacial score (nSPS) is 12.5. The van der Waals surface area contributed by atoms with Gasteiger partial charge in [0.15, 0.2) is 5.75 Å². The molecule has 0 unspecified atom stereocenters.